The lowest BCUT2D eigenvalue weighted by molar-refractivity contribution is 0.211. The highest BCUT2D eigenvalue weighted by atomic mass is 19.1. The Morgan fingerprint density at radius 1 is 0.846 bits per heavy atom. The van der Waals surface area contributed by atoms with Crippen LogP contribution in [0.5, 0.6) is 0 Å². The number of aromatic nitrogens is 3. The Morgan fingerprint density at radius 2 is 1.54 bits per heavy atom. The second kappa shape index (κ2) is 15.1. The highest BCUT2D eigenvalue weighted by molar-refractivity contribution is 5.95. The van der Waals surface area contributed by atoms with Crippen molar-refractivity contribution in [3.8, 4) is 0 Å². The summed E-state index contributed by atoms with van der Waals surface area (Å²) in [6.07, 6.45) is 12.7. The minimum absolute atomic E-state index is 0.161. The number of nitrogens with zero attached hydrogens (tertiary/aromatic N) is 5. The Bertz CT molecular complexity index is 2140. The number of hydrogen-bond donors (Lipinski definition) is 0. The van der Waals surface area contributed by atoms with Crippen molar-refractivity contribution in [1.82, 2.24) is 24.5 Å². The molecule has 3 aromatic carbocycles. The van der Waals surface area contributed by atoms with Crippen molar-refractivity contribution < 1.29 is 8.91 Å². The first kappa shape index (κ1) is 34.4. The van der Waals surface area contributed by atoms with Crippen LogP contribution in [0.25, 0.3) is 28.7 Å². The Balaban J connectivity index is 0.000000156. The molecule has 268 valence electrons. The largest absolute Gasteiger partial charge is 0.356 e. The molecule has 0 unspecified atom stereocenters. The number of fused-ring (bicyclic) bond motifs is 4. The number of benzene rings is 3. The van der Waals surface area contributed by atoms with Gasteiger partial charge >= 0.3 is 0 Å². The number of aryl methyl sites for hydroxylation is 2. The molecule has 0 bridgehead atoms. The molecule has 0 N–H and O–H groups in total. The van der Waals surface area contributed by atoms with Gasteiger partial charge in [0.15, 0.2) is 5.58 Å². The summed E-state index contributed by atoms with van der Waals surface area (Å²) < 4.78 is 20.6. The minimum atomic E-state index is -0.303. The lowest BCUT2D eigenvalue weighted by atomic mass is 9.86. The molecule has 0 atom stereocenters. The highest BCUT2D eigenvalue weighted by Crippen LogP contribution is 2.38. The predicted molar refractivity (Wildman–Crippen MR) is 207 cm³/mol. The van der Waals surface area contributed by atoms with Crippen molar-refractivity contribution in [3.05, 3.63) is 134 Å². The van der Waals surface area contributed by atoms with Crippen molar-refractivity contribution in [2.75, 3.05) is 39.8 Å². The average molecular weight is 698 g/mol. The zero-order valence-corrected chi connectivity index (χ0v) is 30.4. The smallest absolute Gasteiger partial charge is 0.256 e. The molecular weight excluding hydrogens is 650 g/mol. The summed E-state index contributed by atoms with van der Waals surface area (Å²) in [4.78, 5) is 22.5. The lowest BCUT2D eigenvalue weighted by Crippen LogP contribution is -2.37. The van der Waals surface area contributed by atoms with E-state index in [4.69, 9.17) is 9.51 Å². The van der Waals surface area contributed by atoms with Crippen LogP contribution in [0.2, 0.25) is 0 Å². The molecule has 7 nitrogen and oxygen atoms in total. The third-order valence-corrected chi connectivity index (χ3v) is 11.5. The van der Waals surface area contributed by atoms with Crippen molar-refractivity contribution in [2.24, 2.45) is 0 Å². The summed E-state index contributed by atoms with van der Waals surface area (Å²) in [5.74, 6) is 0.974. The van der Waals surface area contributed by atoms with Gasteiger partial charge in [0.2, 0.25) is 0 Å². The zero-order valence-electron chi connectivity index (χ0n) is 30.4. The van der Waals surface area contributed by atoms with Gasteiger partial charge in [-0.3, -0.25) is 9.36 Å². The fourth-order valence-corrected chi connectivity index (χ4v) is 8.53. The molecule has 2 fully saturated rings. The zero-order chi connectivity index (χ0) is 35.6. The predicted octanol–water partition coefficient (Wildman–Crippen LogP) is 8.29. The molecule has 0 saturated carbocycles. The van der Waals surface area contributed by atoms with Gasteiger partial charge in [-0.15, -0.1) is 0 Å². The van der Waals surface area contributed by atoms with Crippen LogP contribution in [-0.4, -0.2) is 64.3 Å². The van der Waals surface area contributed by atoms with Crippen LogP contribution < -0.4 is 5.56 Å². The SMILES string of the molecule is CN1CCC(=C2c3ccccc3C=Cc3ccccc32)CC1.Cc1nc2n(c(=O)c1CCN1CCC(c3noc4cc(F)ccc34)CC1)CCCC2. The molecule has 2 aromatic heterocycles. The first-order chi connectivity index (χ1) is 25.4. The Labute approximate surface area is 305 Å². The van der Waals surface area contributed by atoms with Crippen molar-refractivity contribution in [2.45, 2.75) is 70.8 Å². The van der Waals surface area contributed by atoms with E-state index >= 15 is 0 Å². The highest BCUT2D eigenvalue weighted by Gasteiger charge is 2.26. The summed E-state index contributed by atoms with van der Waals surface area (Å²) in [5, 5.41) is 5.15. The molecule has 5 heterocycles. The summed E-state index contributed by atoms with van der Waals surface area (Å²) in [6, 6.07) is 22.2. The molecule has 0 radical (unpaired) electrons. The van der Waals surface area contributed by atoms with Crippen LogP contribution in [0.15, 0.2) is 81.6 Å². The first-order valence-electron chi connectivity index (χ1n) is 19.1. The maximum Gasteiger partial charge on any atom is 0.256 e. The minimum Gasteiger partial charge on any atom is -0.356 e. The fraction of sp³-hybridized carbons (Fsp3) is 0.386. The van der Waals surface area contributed by atoms with Crippen LogP contribution in [0.1, 0.15) is 89.5 Å². The van der Waals surface area contributed by atoms with E-state index in [2.05, 4.69) is 82.7 Å². The van der Waals surface area contributed by atoms with Gasteiger partial charge in [0.05, 0.1) is 5.69 Å². The van der Waals surface area contributed by atoms with Gasteiger partial charge in [0.25, 0.3) is 5.56 Å². The van der Waals surface area contributed by atoms with Gasteiger partial charge in [-0.05, 0) is 112 Å². The van der Waals surface area contributed by atoms with Gasteiger partial charge < -0.3 is 14.3 Å². The van der Waals surface area contributed by atoms with Gasteiger partial charge in [-0.2, -0.15) is 0 Å². The third-order valence-electron chi connectivity index (χ3n) is 11.5. The maximum absolute atomic E-state index is 13.4. The summed E-state index contributed by atoms with van der Waals surface area (Å²) in [7, 11) is 2.22. The second-order valence-corrected chi connectivity index (χ2v) is 14.9. The third kappa shape index (κ3) is 7.06. The topological polar surface area (TPSA) is 67.4 Å². The number of halogens is 1. The van der Waals surface area contributed by atoms with Gasteiger partial charge in [0.1, 0.15) is 11.6 Å². The van der Waals surface area contributed by atoms with Gasteiger partial charge in [-0.25, -0.2) is 9.37 Å². The van der Waals surface area contributed by atoms with E-state index in [1.165, 1.54) is 52.8 Å². The van der Waals surface area contributed by atoms with Crippen LogP contribution in [-0.2, 0) is 19.4 Å². The van der Waals surface area contributed by atoms with Gasteiger partial charge in [-0.1, -0.05) is 71.4 Å². The molecule has 0 amide bonds. The van der Waals surface area contributed by atoms with Crippen LogP contribution in [0, 0.1) is 12.7 Å². The number of piperidine rings is 2. The van der Waals surface area contributed by atoms with Crippen molar-refractivity contribution in [3.63, 3.8) is 0 Å². The molecular formula is C44H48FN5O2. The quantitative estimate of drug-likeness (QED) is 0.185. The molecule has 3 aliphatic heterocycles. The number of hydrogen-bond acceptors (Lipinski definition) is 6. The molecule has 52 heavy (non-hydrogen) atoms. The summed E-state index contributed by atoms with van der Waals surface area (Å²) in [6.45, 7) is 7.88. The first-order valence-corrected chi connectivity index (χ1v) is 19.1. The molecule has 0 spiro atoms. The maximum atomic E-state index is 13.4. The van der Waals surface area contributed by atoms with Gasteiger partial charge in [0, 0.05) is 61.2 Å². The van der Waals surface area contributed by atoms with E-state index in [1.54, 1.807) is 11.6 Å². The Morgan fingerprint density at radius 3 is 2.25 bits per heavy atom. The molecule has 8 heteroatoms. The summed E-state index contributed by atoms with van der Waals surface area (Å²) in [5.41, 5.74) is 11.9. The van der Waals surface area contributed by atoms with Crippen LogP contribution >= 0.6 is 0 Å². The monoisotopic (exact) mass is 697 g/mol. The fourth-order valence-electron chi connectivity index (χ4n) is 8.53. The average Bonchev–Trinajstić information content (AvgIpc) is 3.51. The lowest BCUT2D eigenvalue weighted by Gasteiger charge is -2.31. The Hall–Kier alpha value is -4.66. The normalized spacial score (nSPS) is 18.0. The van der Waals surface area contributed by atoms with Crippen LogP contribution in [0.3, 0.4) is 0 Å². The molecule has 5 aromatic rings. The molecule has 4 aliphatic rings. The van der Waals surface area contributed by atoms with E-state index in [0.29, 0.717) is 11.5 Å². The van der Waals surface area contributed by atoms with E-state index in [0.717, 1.165) is 106 Å². The van der Waals surface area contributed by atoms with E-state index in [9.17, 15) is 9.18 Å². The second-order valence-electron chi connectivity index (χ2n) is 14.9. The molecule has 9 rings (SSSR count). The number of rotatable bonds is 4. The number of likely N-dealkylation sites (tertiary alicyclic amines) is 2. The van der Waals surface area contributed by atoms with E-state index < -0.39 is 0 Å². The summed E-state index contributed by atoms with van der Waals surface area (Å²) >= 11 is 0. The standard InChI is InChI=1S/C23H27FN4O2.C21H21N/c1-15-18(23(29)28-10-3-2-4-21(28)25-15)9-13-27-11-7-16(8-12-27)22-19-6-5-17(24)14-20(19)30-26-22;1-22-14-12-18(13-15-22)21-19-8-4-2-6-16(19)10-11-17-7-3-5-9-20(17)21/h5-6,14,16H,2-4,7-13H2,1H3;2-11H,12-15H2,1H3. The van der Waals surface area contributed by atoms with E-state index in [-0.39, 0.29) is 11.4 Å². The van der Waals surface area contributed by atoms with Crippen LogP contribution in [0.4, 0.5) is 4.39 Å². The van der Waals surface area contributed by atoms with Crippen molar-refractivity contribution >= 4 is 28.7 Å². The molecule has 2 saturated heterocycles. The molecule has 1 aliphatic carbocycles. The van der Waals surface area contributed by atoms with E-state index in [1.807, 2.05) is 11.5 Å². The Kier molecular flexibility index (Phi) is 10.0. The van der Waals surface area contributed by atoms with Crippen molar-refractivity contribution in [1.29, 1.82) is 0 Å².